The minimum atomic E-state index is -0.0978. The summed E-state index contributed by atoms with van der Waals surface area (Å²) in [6, 6.07) is 0.363. The van der Waals surface area contributed by atoms with Crippen LogP contribution in [0.5, 0.6) is 0 Å². The third-order valence-electron chi connectivity index (χ3n) is 2.67. The van der Waals surface area contributed by atoms with Gasteiger partial charge in [0.1, 0.15) is 0 Å². The van der Waals surface area contributed by atoms with Gasteiger partial charge in [-0.2, -0.15) is 0 Å². The predicted molar refractivity (Wildman–Crippen MR) is 54.8 cm³/mol. The molecule has 78 valence electrons. The Morgan fingerprint density at radius 2 is 2.15 bits per heavy atom. The molecule has 0 aromatic rings. The SMILES string of the molecule is CN(C)CCCN[C@H]1CCC[C@@H]1O. The van der Waals surface area contributed by atoms with E-state index in [0.717, 1.165) is 32.4 Å². The van der Waals surface area contributed by atoms with E-state index in [2.05, 4.69) is 24.3 Å². The smallest absolute Gasteiger partial charge is 0.0693 e. The van der Waals surface area contributed by atoms with Gasteiger partial charge in [-0.25, -0.2) is 0 Å². The minimum Gasteiger partial charge on any atom is -0.392 e. The number of hydrogen-bond donors (Lipinski definition) is 2. The van der Waals surface area contributed by atoms with Crippen molar-refractivity contribution in [3.8, 4) is 0 Å². The van der Waals surface area contributed by atoms with Crippen molar-refractivity contribution in [1.82, 2.24) is 10.2 Å². The summed E-state index contributed by atoms with van der Waals surface area (Å²) in [6.45, 7) is 2.15. The van der Waals surface area contributed by atoms with Gasteiger partial charge in [0.25, 0.3) is 0 Å². The fourth-order valence-corrected chi connectivity index (χ4v) is 1.86. The van der Waals surface area contributed by atoms with Gasteiger partial charge in [-0.1, -0.05) is 0 Å². The lowest BCUT2D eigenvalue weighted by molar-refractivity contribution is 0.149. The minimum absolute atomic E-state index is 0.0978. The van der Waals surface area contributed by atoms with E-state index in [1.807, 2.05) is 0 Å². The Morgan fingerprint density at radius 1 is 1.38 bits per heavy atom. The Bertz CT molecular complexity index is 139. The molecule has 2 atom stereocenters. The van der Waals surface area contributed by atoms with Crippen LogP contribution in [-0.2, 0) is 0 Å². The summed E-state index contributed by atoms with van der Waals surface area (Å²) >= 11 is 0. The molecule has 0 aromatic carbocycles. The van der Waals surface area contributed by atoms with Crippen molar-refractivity contribution < 1.29 is 5.11 Å². The Kier molecular flexibility index (Phi) is 4.70. The normalized spacial score (nSPS) is 28.6. The first-order valence-electron chi connectivity index (χ1n) is 5.26. The molecule has 3 heteroatoms. The first-order chi connectivity index (χ1) is 6.20. The lowest BCUT2D eigenvalue weighted by Gasteiger charge is -2.17. The zero-order chi connectivity index (χ0) is 9.68. The van der Waals surface area contributed by atoms with Crippen molar-refractivity contribution in [3.05, 3.63) is 0 Å². The van der Waals surface area contributed by atoms with Crippen LogP contribution in [-0.4, -0.2) is 49.3 Å². The van der Waals surface area contributed by atoms with Gasteiger partial charge in [-0.3, -0.25) is 0 Å². The second-order valence-corrected chi connectivity index (χ2v) is 4.22. The summed E-state index contributed by atoms with van der Waals surface area (Å²) in [4.78, 5) is 2.19. The summed E-state index contributed by atoms with van der Waals surface area (Å²) < 4.78 is 0. The van der Waals surface area contributed by atoms with Crippen LogP contribution in [0.3, 0.4) is 0 Å². The maximum absolute atomic E-state index is 9.52. The van der Waals surface area contributed by atoms with Crippen molar-refractivity contribution >= 4 is 0 Å². The van der Waals surface area contributed by atoms with Gasteiger partial charge in [-0.05, 0) is 52.9 Å². The lowest BCUT2D eigenvalue weighted by atomic mass is 10.2. The van der Waals surface area contributed by atoms with Gasteiger partial charge in [0, 0.05) is 6.04 Å². The Hall–Kier alpha value is -0.120. The molecule has 0 unspecified atom stereocenters. The van der Waals surface area contributed by atoms with Crippen LogP contribution in [0, 0.1) is 0 Å². The van der Waals surface area contributed by atoms with Crippen LogP contribution in [0.2, 0.25) is 0 Å². The van der Waals surface area contributed by atoms with Crippen molar-refractivity contribution in [2.45, 2.75) is 37.8 Å². The third-order valence-corrected chi connectivity index (χ3v) is 2.67. The van der Waals surface area contributed by atoms with Crippen LogP contribution >= 0.6 is 0 Å². The molecule has 1 aliphatic carbocycles. The van der Waals surface area contributed by atoms with Crippen LogP contribution in [0.15, 0.2) is 0 Å². The molecule has 0 spiro atoms. The molecule has 1 saturated carbocycles. The molecule has 1 rings (SSSR count). The van der Waals surface area contributed by atoms with Gasteiger partial charge in [-0.15, -0.1) is 0 Å². The van der Waals surface area contributed by atoms with Crippen LogP contribution in [0.1, 0.15) is 25.7 Å². The predicted octanol–water partition coefficient (Wildman–Crippen LogP) is 0.441. The fourth-order valence-electron chi connectivity index (χ4n) is 1.86. The van der Waals surface area contributed by atoms with E-state index in [1.165, 1.54) is 6.42 Å². The van der Waals surface area contributed by atoms with Crippen molar-refractivity contribution in [1.29, 1.82) is 0 Å². The van der Waals surface area contributed by atoms with Crippen LogP contribution < -0.4 is 5.32 Å². The highest BCUT2D eigenvalue weighted by Crippen LogP contribution is 2.18. The molecule has 1 fully saturated rings. The summed E-state index contributed by atoms with van der Waals surface area (Å²) in [5.41, 5.74) is 0. The molecule has 0 aliphatic heterocycles. The molecule has 0 radical (unpaired) electrons. The summed E-state index contributed by atoms with van der Waals surface area (Å²) in [5, 5.41) is 12.9. The number of rotatable bonds is 5. The van der Waals surface area contributed by atoms with Gasteiger partial charge in [0.2, 0.25) is 0 Å². The highest BCUT2D eigenvalue weighted by molar-refractivity contribution is 4.82. The van der Waals surface area contributed by atoms with Gasteiger partial charge in [0.15, 0.2) is 0 Å². The summed E-state index contributed by atoms with van der Waals surface area (Å²) in [7, 11) is 4.18. The number of nitrogens with zero attached hydrogens (tertiary/aromatic N) is 1. The second-order valence-electron chi connectivity index (χ2n) is 4.22. The number of aliphatic hydroxyl groups excluding tert-OH is 1. The zero-order valence-corrected chi connectivity index (χ0v) is 8.79. The molecule has 0 aromatic heterocycles. The summed E-state index contributed by atoms with van der Waals surface area (Å²) in [6.07, 6.45) is 4.36. The first kappa shape index (κ1) is 11.0. The Morgan fingerprint density at radius 3 is 2.69 bits per heavy atom. The van der Waals surface area contributed by atoms with Crippen molar-refractivity contribution in [2.24, 2.45) is 0 Å². The molecule has 0 heterocycles. The second kappa shape index (κ2) is 5.58. The molecule has 1 aliphatic rings. The largest absolute Gasteiger partial charge is 0.392 e. The van der Waals surface area contributed by atoms with E-state index in [1.54, 1.807) is 0 Å². The highest BCUT2D eigenvalue weighted by Gasteiger charge is 2.23. The average Bonchev–Trinajstić information content (AvgIpc) is 2.45. The molecule has 2 N–H and O–H groups in total. The Balaban J connectivity index is 1.99. The van der Waals surface area contributed by atoms with Gasteiger partial charge in [0.05, 0.1) is 6.10 Å². The maximum Gasteiger partial charge on any atom is 0.0693 e. The average molecular weight is 186 g/mol. The monoisotopic (exact) mass is 186 g/mol. The topological polar surface area (TPSA) is 35.5 Å². The third kappa shape index (κ3) is 4.07. The quantitative estimate of drug-likeness (QED) is 0.612. The van der Waals surface area contributed by atoms with Crippen LogP contribution in [0.25, 0.3) is 0 Å². The van der Waals surface area contributed by atoms with E-state index in [4.69, 9.17) is 0 Å². The summed E-state index contributed by atoms with van der Waals surface area (Å²) in [5.74, 6) is 0. The van der Waals surface area contributed by atoms with Crippen molar-refractivity contribution in [2.75, 3.05) is 27.2 Å². The zero-order valence-electron chi connectivity index (χ0n) is 8.79. The number of nitrogens with one attached hydrogen (secondary N) is 1. The lowest BCUT2D eigenvalue weighted by Crippen LogP contribution is -2.36. The van der Waals surface area contributed by atoms with E-state index >= 15 is 0 Å². The van der Waals surface area contributed by atoms with E-state index in [0.29, 0.717) is 6.04 Å². The first-order valence-corrected chi connectivity index (χ1v) is 5.26. The maximum atomic E-state index is 9.52. The molecule has 3 nitrogen and oxygen atoms in total. The molecular weight excluding hydrogens is 164 g/mol. The molecule has 13 heavy (non-hydrogen) atoms. The van der Waals surface area contributed by atoms with E-state index in [-0.39, 0.29) is 6.10 Å². The molecular formula is C10H22N2O. The van der Waals surface area contributed by atoms with Gasteiger partial charge >= 0.3 is 0 Å². The molecule has 0 bridgehead atoms. The highest BCUT2D eigenvalue weighted by atomic mass is 16.3. The Labute approximate surface area is 81.1 Å². The fraction of sp³-hybridized carbons (Fsp3) is 1.00. The molecule has 0 amide bonds. The molecule has 0 saturated heterocycles. The van der Waals surface area contributed by atoms with E-state index < -0.39 is 0 Å². The number of aliphatic hydroxyl groups is 1. The van der Waals surface area contributed by atoms with Gasteiger partial charge < -0.3 is 15.3 Å². The van der Waals surface area contributed by atoms with E-state index in [9.17, 15) is 5.11 Å². The number of hydrogen-bond acceptors (Lipinski definition) is 3. The van der Waals surface area contributed by atoms with Crippen molar-refractivity contribution in [3.63, 3.8) is 0 Å². The standard InChI is InChI=1S/C10H22N2O/c1-12(2)8-4-7-11-9-5-3-6-10(9)13/h9-11,13H,3-8H2,1-2H3/t9-,10-/m0/s1. The van der Waals surface area contributed by atoms with Crippen LogP contribution in [0.4, 0.5) is 0 Å².